The molecule has 0 saturated carbocycles. The van der Waals surface area contributed by atoms with Crippen LogP contribution in [0.25, 0.3) is 0 Å². The van der Waals surface area contributed by atoms with Gasteiger partial charge in [0.05, 0.1) is 11.7 Å². The van der Waals surface area contributed by atoms with Gasteiger partial charge in [0.25, 0.3) is 0 Å². The number of hydrogen-bond donors (Lipinski definition) is 2. The van der Waals surface area contributed by atoms with Gasteiger partial charge in [0.2, 0.25) is 0 Å². The molecule has 2 aromatic rings. The first kappa shape index (κ1) is 15.4. The molecule has 0 aliphatic carbocycles. The first-order chi connectivity index (χ1) is 9.43. The van der Waals surface area contributed by atoms with Gasteiger partial charge in [-0.2, -0.15) is 5.10 Å². The van der Waals surface area contributed by atoms with Gasteiger partial charge in [-0.05, 0) is 31.5 Å². The van der Waals surface area contributed by atoms with Crippen LogP contribution in [0.2, 0.25) is 5.15 Å². The smallest absolute Gasteiger partial charge is 0.130 e. The number of rotatable bonds is 4. The number of halogens is 3. The van der Waals surface area contributed by atoms with Gasteiger partial charge in [-0.3, -0.25) is 16.0 Å². The molecule has 1 atom stereocenters. The van der Waals surface area contributed by atoms with Crippen LogP contribution in [0.15, 0.2) is 22.7 Å². The molecular formula is C13H15BrClFN4. The Morgan fingerprint density at radius 3 is 2.80 bits per heavy atom. The molecule has 0 spiro atoms. The summed E-state index contributed by atoms with van der Waals surface area (Å²) in [6.07, 6.45) is 0.461. The molecule has 0 saturated heterocycles. The summed E-state index contributed by atoms with van der Waals surface area (Å²) in [5, 5.41) is 4.78. The molecule has 108 valence electrons. The van der Waals surface area contributed by atoms with Gasteiger partial charge in [0, 0.05) is 22.6 Å². The minimum absolute atomic E-state index is 0.311. The van der Waals surface area contributed by atoms with Crippen LogP contribution in [-0.2, 0) is 13.5 Å². The third-order valence-corrected chi connectivity index (χ3v) is 4.18. The standard InChI is InChI=1S/C13H15BrClFN4/c1-7-9(13(15)20(2)19-7)6-12(18-17)10-5-8(14)3-4-11(10)16/h3-5,12,18H,6,17H2,1-2H3. The van der Waals surface area contributed by atoms with E-state index < -0.39 is 0 Å². The fraction of sp³-hybridized carbons (Fsp3) is 0.308. The lowest BCUT2D eigenvalue weighted by molar-refractivity contribution is 0.509. The van der Waals surface area contributed by atoms with E-state index in [4.69, 9.17) is 17.4 Å². The van der Waals surface area contributed by atoms with Crippen molar-refractivity contribution in [2.45, 2.75) is 19.4 Å². The molecule has 0 fully saturated rings. The van der Waals surface area contributed by atoms with Crippen LogP contribution in [0.4, 0.5) is 4.39 Å². The molecule has 0 amide bonds. The summed E-state index contributed by atoms with van der Waals surface area (Å²) in [5.41, 5.74) is 4.80. The summed E-state index contributed by atoms with van der Waals surface area (Å²) < 4.78 is 16.3. The molecule has 0 aliphatic heterocycles. The highest BCUT2D eigenvalue weighted by Crippen LogP contribution is 2.28. The van der Waals surface area contributed by atoms with Gasteiger partial charge in [-0.15, -0.1) is 0 Å². The van der Waals surface area contributed by atoms with Gasteiger partial charge >= 0.3 is 0 Å². The van der Waals surface area contributed by atoms with E-state index in [0.717, 1.165) is 15.7 Å². The molecule has 1 aromatic heterocycles. The van der Waals surface area contributed by atoms with Crippen molar-refractivity contribution in [2.75, 3.05) is 0 Å². The summed E-state index contributed by atoms with van der Waals surface area (Å²) in [6, 6.07) is 4.38. The maximum atomic E-state index is 13.9. The van der Waals surface area contributed by atoms with Gasteiger partial charge in [-0.25, -0.2) is 4.39 Å². The highest BCUT2D eigenvalue weighted by atomic mass is 79.9. The van der Waals surface area contributed by atoms with Crippen molar-refractivity contribution in [3.8, 4) is 0 Å². The Balaban J connectivity index is 2.36. The molecule has 0 bridgehead atoms. The maximum absolute atomic E-state index is 13.9. The van der Waals surface area contributed by atoms with E-state index >= 15 is 0 Å². The molecule has 1 unspecified atom stereocenters. The Morgan fingerprint density at radius 2 is 2.25 bits per heavy atom. The van der Waals surface area contributed by atoms with Crippen molar-refractivity contribution in [1.29, 1.82) is 0 Å². The Labute approximate surface area is 130 Å². The summed E-state index contributed by atoms with van der Waals surface area (Å²) in [5.74, 6) is 5.27. The van der Waals surface area contributed by atoms with E-state index in [0.29, 0.717) is 17.1 Å². The van der Waals surface area contributed by atoms with Gasteiger partial charge in [-0.1, -0.05) is 27.5 Å². The van der Waals surface area contributed by atoms with Gasteiger partial charge in [0.1, 0.15) is 11.0 Å². The molecule has 1 aromatic carbocycles. The average molecular weight is 362 g/mol. The van der Waals surface area contributed by atoms with E-state index in [1.54, 1.807) is 23.9 Å². The van der Waals surface area contributed by atoms with Crippen LogP contribution >= 0.6 is 27.5 Å². The van der Waals surface area contributed by atoms with Crippen molar-refractivity contribution in [1.82, 2.24) is 15.2 Å². The Morgan fingerprint density at radius 1 is 1.55 bits per heavy atom. The molecule has 2 rings (SSSR count). The summed E-state index contributed by atoms with van der Waals surface area (Å²) in [4.78, 5) is 0. The lowest BCUT2D eigenvalue weighted by atomic mass is 9.99. The fourth-order valence-corrected chi connectivity index (χ4v) is 2.78. The van der Waals surface area contributed by atoms with Crippen molar-refractivity contribution in [3.63, 3.8) is 0 Å². The molecule has 3 N–H and O–H groups in total. The average Bonchev–Trinajstić information content (AvgIpc) is 2.65. The third-order valence-electron chi connectivity index (χ3n) is 3.21. The van der Waals surface area contributed by atoms with E-state index in [1.807, 2.05) is 6.92 Å². The zero-order valence-electron chi connectivity index (χ0n) is 11.1. The fourth-order valence-electron chi connectivity index (χ4n) is 2.15. The number of aryl methyl sites for hydroxylation is 2. The van der Waals surface area contributed by atoms with Crippen LogP contribution in [0.5, 0.6) is 0 Å². The quantitative estimate of drug-likeness (QED) is 0.650. The van der Waals surface area contributed by atoms with Gasteiger partial charge < -0.3 is 0 Å². The number of hydrazine groups is 1. The normalized spacial score (nSPS) is 12.7. The van der Waals surface area contributed by atoms with Crippen LogP contribution < -0.4 is 11.3 Å². The summed E-state index contributed by atoms with van der Waals surface area (Å²) in [7, 11) is 1.77. The Hall–Kier alpha value is -0.950. The van der Waals surface area contributed by atoms with Crippen LogP contribution in [-0.4, -0.2) is 9.78 Å². The molecule has 4 nitrogen and oxygen atoms in total. The SMILES string of the molecule is Cc1nn(C)c(Cl)c1CC(NN)c1cc(Br)ccc1F. The summed E-state index contributed by atoms with van der Waals surface area (Å²) >= 11 is 9.54. The molecule has 0 aliphatic rings. The highest BCUT2D eigenvalue weighted by molar-refractivity contribution is 9.10. The molecule has 0 radical (unpaired) electrons. The summed E-state index contributed by atoms with van der Waals surface area (Å²) in [6.45, 7) is 1.87. The number of hydrogen-bond acceptors (Lipinski definition) is 3. The van der Waals surface area contributed by atoms with E-state index in [9.17, 15) is 4.39 Å². The Kier molecular flexibility index (Phi) is 4.80. The number of nitrogens with one attached hydrogen (secondary N) is 1. The van der Waals surface area contributed by atoms with Crippen LogP contribution in [0, 0.1) is 12.7 Å². The minimum atomic E-state index is -0.382. The monoisotopic (exact) mass is 360 g/mol. The van der Waals surface area contributed by atoms with Gasteiger partial charge in [0.15, 0.2) is 0 Å². The molecule has 20 heavy (non-hydrogen) atoms. The highest BCUT2D eigenvalue weighted by Gasteiger charge is 2.20. The zero-order valence-corrected chi connectivity index (χ0v) is 13.5. The molecule has 7 heteroatoms. The second-order valence-corrected chi connectivity index (χ2v) is 5.84. The lowest BCUT2D eigenvalue weighted by Gasteiger charge is -2.17. The van der Waals surface area contributed by atoms with E-state index in [2.05, 4.69) is 26.5 Å². The van der Waals surface area contributed by atoms with E-state index in [-0.39, 0.29) is 11.9 Å². The van der Waals surface area contributed by atoms with Crippen LogP contribution in [0.1, 0.15) is 22.9 Å². The molecule has 1 heterocycles. The number of nitrogens with zero attached hydrogens (tertiary/aromatic N) is 2. The van der Waals surface area contributed by atoms with E-state index in [1.165, 1.54) is 6.07 Å². The lowest BCUT2D eigenvalue weighted by Crippen LogP contribution is -2.30. The first-order valence-electron chi connectivity index (χ1n) is 6.03. The second-order valence-electron chi connectivity index (χ2n) is 4.57. The van der Waals surface area contributed by atoms with Crippen LogP contribution in [0.3, 0.4) is 0 Å². The van der Waals surface area contributed by atoms with Crippen molar-refractivity contribution < 1.29 is 4.39 Å². The number of aromatic nitrogens is 2. The maximum Gasteiger partial charge on any atom is 0.130 e. The predicted octanol–water partition coefficient (Wildman–Crippen LogP) is 3.03. The second kappa shape index (κ2) is 6.22. The van der Waals surface area contributed by atoms with Crippen molar-refractivity contribution >= 4 is 27.5 Å². The largest absolute Gasteiger partial charge is 0.271 e. The third kappa shape index (κ3) is 3.03. The van der Waals surface area contributed by atoms with Crippen molar-refractivity contribution in [2.24, 2.45) is 12.9 Å². The number of benzene rings is 1. The predicted molar refractivity (Wildman–Crippen MR) is 80.8 cm³/mol. The zero-order chi connectivity index (χ0) is 14.9. The number of nitrogens with two attached hydrogens (primary N) is 1. The minimum Gasteiger partial charge on any atom is -0.271 e. The Bertz CT molecular complexity index is 629. The van der Waals surface area contributed by atoms with Crippen molar-refractivity contribution in [3.05, 3.63) is 50.5 Å². The first-order valence-corrected chi connectivity index (χ1v) is 7.20. The molecular weight excluding hydrogens is 347 g/mol. The topological polar surface area (TPSA) is 55.9 Å².